The van der Waals surface area contributed by atoms with Crippen LogP contribution < -0.4 is 5.32 Å². The van der Waals surface area contributed by atoms with Gasteiger partial charge in [0.2, 0.25) is 0 Å². The standard InChI is InChI=1S/C13H14N2O4/c1-18-12(16)7-11(13(17)19-2)15-10-6-4-3-5-9(10)8-14/h3-6,11,15H,7H2,1-2H3. The van der Waals surface area contributed by atoms with Crippen LogP contribution in [0.25, 0.3) is 0 Å². The lowest BCUT2D eigenvalue weighted by molar-refractivity contribution is -0.148. The van der Waals surface area contributed by atoms with E-state index in [1.54, 1.807) is 24.3 Å². The third-order valence-electron chi connectivity index (χ3n) is 2.46. The minimum Gasteiger partial charge on any atom is -0.469 e. The number of esters is 2. The molecule has 0 aliphatic heterocycles. The van der Waals surface area contributed by atoms with Gasteiger partial charge in [0.1, 0.15) is 12.1 Å². The van der Waals surface area contributed by atoms with Crippen LogP contribution in [0.2, 0.25) is 0 Å². The number of nitrogens with zero attached hydrogens (tertiary/aromatic N) is 1. The number of benzene rings is 1. The maximum atomic E-state index is 11.6. The van der Waals surface area contributed by atoms with Crippen molar-refractivity contribution in [2.45, 2.75) is 12.5 Å². The Hall–Kier alpha value is -2.55. The normalized spacial score (nSPS) is 11.0. The molecule has 1 aromatic rings. The van der Waals surface area contributed by atoms with Gasteiger partial charge < -0.3 is 14.8 Å². The molecule has 0 aromatic heterocycles. The van der Waals surface area contributed by atoms with Gasteiger partial charge in [-0.15, -0.1) is 0 Å². The number of anilines is 1. The van der Waals surface area contributed by atoms with E-state index in [2.05, 4.69) is 14.8 Å². The molecule has 1 rings (SSSR count). The molecule has 0 saturated carbocycles. The Bertz CT molecular complexity index is 508. The molecule has 1 N–H and O–H groups in total. The van der Waals surface area contributed by atoms with Crippen molar-refractivity contribution in [3.05, 3.63) is 29.8 Å². The zero-order chi connectivity index (χ0) is 14.3. The van der Waals surface area contributed by atoms with Crippen LogP contribution >= 0.6 is 0 Å². The highest BCUT2D eigenvalue weighted by Crippen LogP contribution is 2.16. The van der Waals surface area contributed by atoms with Gasteiger partial charge in [0, 0.05) is 0 Å². The number of ether oxygens (including phenoxy) is 2. The maximum Gasteiger partial charge on any atom is 0.328 e. The molecular formula is C13H14N2O4. The van der Waals surface area contributed by atoms with Crippen LogP contribution in [-0.2, 0) is 19.1 Å². The summed E-state index contributed by atoms with van der Waals surface area (Å²) in [5.74, 6) is -1.14. The van der Waals surface area contributed by atoms with Gasteiger partial charge >= 0.3 is 11.9 Å². The number of methoxy groups -OCH3 is 2. The average molecular weight is 262 g/mol. The topological polar surface area (TPSA) is 88.4 Å². The molecule has 0 bridgehead atoms. The molecular weight excluding hydrogens is 248 g/mol. The number of carbonyl (C=O) groups excluding carboxylic acids is 2. The summed E-state index contributed by atoms with van der Waals surface area (Å²) in [5.41, 5.74) is 0.838. The summed E-state index contributed by atoms with van der Waals surface area (Å²) in [6, 6.07) is 7.77. The third kappa shape index (κ3) is 4.00. The quantitative estimate of drug-likeness (QED) is 0.799. The molecule has 6 heteroatoms. The summed E-state index contributed by atoms with van der Waals surface area (Å²) in [7, 11) is 2.46. The fourth-order valence-corrected chi connectivity index (χ4v) is 1.48. The number of rotatable bonds is 5. The van der Waals surface area contributed by atoms with Gasteiger partial charge in [-0.25, -0.2) is 4.79 Å². The van der Waals surface area contributed by atoms with Crippen molar-refractivity contribution in [1.82, 2.24) is 0 Å². The highest BCUT2D eigenvalue weighted by atomic mass is 16.5. The van der Waals surface area contributed by atoms with Crippen LogP contribution in [0, 0.1) is 11.3 Å². The van der Waals surface area contributed by atoms with Gasteiger partial charge in [-0.2, -0.15) is 5.26 Å². The molecule has 0 radical (unpaired) electrons. The zero-order valence-corrected chi connectivity index (χ0v) is 10.7. The summed E-state index contributed by atoms with van der Waals surface area (Å²) in [6.45, 7) is 0. The van der Waals surface area contributed by atoms with Crippen molar-refractivity contribution < 1.29 is 19.1 Å². The molecule has 0 spiro atoms. The zero-order valence-electron chi connectivity index (χ0n) is 10.7. The fraction of sp³-hybridized carbons (Fsp3) is 0.308. The Morgan fingerprint density at radius 3 is 2.58 bits per heavy atom. The van der Waals surface area contributed by atoms with Crippen LogP contribution in [0.3, 0.4) is 0 Å². The number of nitriles is 1. The molecule has 0 amide bonds. The number of hydrogen-bond acceptors (Lipinski definition) is 6. The SMILES string of the molecule is COC(=O)CC(Nc1ccccc1C#N)C(=O)OC. The number of hydrogen-bond donors (Lipinski definition) is 1. The van der Waals surface area contributed by atoms with Gasteiger partial charge in [0.05, 0.1) is 31.9 Å². The fourth-order valence-electron chi connectivity index (χ4n) is 1.48. The van der Waals surface area contributed by atoms with Crippen LogP contribution in [0.1, 0.15) is 12.0 Å². The van der Waals surface area contributed by atoms with E-state index in [1.807, 2.05) is 6.07 Å². The first kappa shape index (κ1) is 14.5. The lowest BCUT2D eigenvalue weighted by Gasteiger charge is -2.17. The van der Waals surface area contributed by atoms with Crippen molar-refractivity contribution in [2.24, 2.45) is 0 Å². The van der Waals surface area contributed by atoms with E-state index >= 15 is 0 Å². The van der Waals surface area contributed by atoms with E-state index in [-0.39, 0.29) is 6.42 Å². The Balaban J connectivity index is 2.91. The van der Waals surface area contributed by atoms with Gasteiger partial charge in [-0.3, -0.25) is 4.79 Å². The van der Waals surface area contributed by atoms with Crippen molar-refractivity contribution in [1.29, 1.82) is 5.26 Å². The van der Waals surface area contributed by atoms with Crippen molar-refractivity contribution >= 4 is 17.6 Å². The lowest BCUT2D eigenvalue weighted by atomic mass is 10.1. The summed E-state index contributed by atoms with van der Waals surface area (Å²) < 4.78 is 9.13. The highest BCUT2D eigenvalue weighted by Gasteiger charge is 2.23. The molecule has 0 fully saturated rings. The number of carbonyl (C=O) groups is 2. The largest absolute Gasteiger partial charge is 0.469 e. The third-order valence-corrected chi connectivity index (χ3v) is 2.46. The molecule has 0 heterocycles. The first-order valence-electron chi connectivity index (χ1n) is 5.52. The van der Waals surface area contributed by atoms with E-state index in [0.29, 0.717) is 11.3 Å². The molecule has 19 heavy (non-hydrogen) atoms. The highest BCUT2D eigenvalue weighted by molar-refractivity contribution is 5.85. The molecule has 0 aliphatic carbocycles. The summed E-state index contributed by atoms with van der Waals surface area (Å²) in [4.78, 5) is 22.8. The Kier molecular flexibility index (Phi) is 5.35. The molecule has 1 atom stereocenters. The average Bonchev–Trinajstić information content (AvgIpc) is 2.45. The molecule has 1 unspecified atom stereocenters. The summed E-state index contributed by atoms with van der Waals surface area (Å²) in [6.07, 6.45) is -0.178. The minimum atomic E-state index is -0.896. The predicted octanol–water partition coefficient (Wildman–Crippen LogP) is 1.07. The van der Waals surface area contributed by atoms with Gasteiger partial charge in [-0.1, -0.05) is 12.1 Å². The van der Waals surface area contributed by atoms with Crippen molar-refractivity contribution in [3.63, 3.8) is 0 Å². The smallest absolute Gasteiger partial charge is 0.328 e. The van der Waals surface area contributed by atoms with Gasteiger partial charge in [0.25, 0.3) is 0 Å². The number of nitrogens with one attached hydrogen (secondary N) is 1. The summed E-state index contributed by atoms with van der Waals surface area (Å²) >= 11 is 0. The molecule has 6 nitrogen and oxygen atoms in total. The predicted molar refractivity (Wildman–Crippen MR) is 67.2 cm³/mol. The number of para-hydroxylation sites is 1. The van der Waals surface area contributed by atoms with Crippen molar-refractivity contribution in [2.75, 3.05) is 19.5 Å². The lowest BCUT2D eigenvalue weighted by Crippen LogP contribution is -2.33. The second-order valence-corrected chi connectivity index (χ2v) is 3.66. The first-order chi connectivity index (χ1) is 9.12. The van der Waals surface area contributed by atoms with Crippen LogP contribution in [0.15, 0.2) is 24.3 Å². The van der Waals surface area contributed by atoms with Gasteiger partial charge in [-0.05, 0) is 12.1 Å². The van der Waals surface area contributed by atoms with Crippen LogP contribution in [-0.4, -0.2) is 32.2 Å². The minimum absolute atomic E-state index is 0.178. The Morgan fingerprint density at radius 1 is 1.32 bits per heavy atom. The van der Waals surface area contributed by atoms with Crippen molar-refractivity contribution in [3.8, 4) is 6.07 Å². The van der Waals surface area contributed by atoms with E-state index in [9.17, 15) is 9.59 Å². The molecule has 1 aromatic carbocycles. The van der Waals surface area contributed by atoms with E-state index in [0.717, 1.165) is 0 Å². The molecule has 0 aliphatic rings. The van der Waals surface area contributed by atoms with E-state index in [4.69, 9.17) is 5.26 Å². The second-order valence-electron chi connectivity index (χ2n) is 3.66. The summed E-state index contributed by atoms with van der Waals surface area (Å²) in [5, 5.41) is 11.8. The van der Waals surface area contributed by atoms with Crippen LogP contribution in [0.4, 0.5) is 5.69 Å². The van der Waals surface area contributed by atoms with Gasteiger partial charge in [0.15, 0.2) is 0 Å². The molecule has 0 saturated heterocycles. The van der Waals surface area contributed by atoms with E-state index < -0.39 is 18.0 Å². The van der Waals surface area contributed by atoms with Crippen LogP contribution in [0.5, 0.6) is 0 Å². The van der Waals surface area contributed by atoms with E-state index in [1.165, 1.54) is 14.2 Å². The maximum absolute atomic E-state index is 11.6. The molecule has 100 valence electrons. The Labute approximate surface area is 110 Å². The monoisotopic (exact) mass is 262 g/mol. The first-order valence-corrected chi connectivity index (χ1v) is 5.52. The Morgan fingerprint density at radius 2 is 2.00 bits per heavy atom. The second kappa shape index (κ2) is 7.01.